The Kier molecular flexibility index (Phi) is 5.24. The topological polar surface area (TPSA) is 38.1 Å². The molecule has 1 N–H and O–H groups in total. The van der Waals surface area contributed by atoms with Crippen molar-refractivity contribution >= 4 is 34.2 Å². The van der Waals surface area contributed by atoms with E-state index < -0.39 is 0 Å². The van der Waals surface area contributed by atoms with Crippen LogP contribution in [0.3, 0.4) is 0 Å². The van der Waals surface area contributed by atoms with Gasteiger partial charge in [0, 0.05) is 9.13 Å². The summed E-state index contributed by atoms with van der Waals surface area (Å²) in [5.41, 5.74) is 0.951. The van der Waals surface area contributed by atoms with Crippen LogP contribution in [0.5, 0.6) is 0 Å². The highest BCUT2D eigenvalue weighted by molar-refractivity contribution is 14.1. The first-order valence-electron chi connectivity index (χ1n) is 6.26. The molecule has 19 heavy (non-hydrogen) atoms. The second kappa shape index (κ2) is 6.72. The molecule has 1 aromatic heterocycles. The summed E-state index contributed by atoms with van der Waals surface area (Å²) >= 11 is 8.32. The quantitative estimate of drug-likeness (QED) is 0.755. The minimum absolute atomic E-state index is 0.119. The largest absolute Gasteiger partial charge is 0.439 e. The summed E-state index contributed by atoms with van der Waals surface area (Å²) in [6.07, 6.45) is 2.84. The van der Waals surface area contributed by atoms with Crippen molar-refractivity contribution in [2.24, 2.45) is 0 Å². The summed E-state index contributed by atoms with van der Waals surface area (Å²) in [7, 11) is 0. The van der Waals surface area contributed by atoms with Crippen molar-refractivity contribution in [1.82, 2.24) is 10.3 Å². The second-order valence-corrected chi connectivity index (χ2v) is 5.94. The van der Waals surface area contributed by atoms with Crippen LogP contribution >= 0.6 is 34.2 Å². The Morgan fingerprint density at radius 1 is 1.47 bits per heavy atom. The minimum atomic E-state index is 0.119. The normalized spacial score (nSPS) is 12.6. The minimum Gasteiger partial charge on any atom is -0.439 e. The summed E-state index contributed by atoms with van der Waals surface area (Å²) in [4.78, 5) is 4.32. The van der Waals surface area contributed by atoms with E-state index in [2.05, 4.69) is 39.8 Å². The molecule has 0 fully saturated rings. The molecule has 1 unspecified atom stereocenters. The van der Waals surface area contributed by atoms with Crippen molar-refractivity contribution in [3.8, 4) is 11.3 Å². The highest BCUT2D eigenvalue weighted by Crippen LogP contribution is 2.28. The molecule has 0 spiro atoms. The lowest BCUT2D eigenvalue weighted by atomic mass is 10.2. The predicted octanol–water partition coefficient (Wildman–Crippen LogP) is 4.66. The lowest BCUT2D eigenvalue weighted by molar-refractivity contribution is 0.423. The number of hydrogen-bond acceptors (Lipinski definition) is 3. The monoisotopic (exact) mass is 390 g/mol. The van der Waals surface area contributed by atoms with Gasteiger partial charge >= 0.3 is 0 Å². The number of aromatic nitrogens is 1. The first kappa shape index (κ1) is 14.8. The fraction of sp³-hybridized carbons (Fsp3) is 0.357. The molecular weight excluding hydrogens is 375 g/mol. The molecule has 0 saturated carbocycles. The molecule has 1 aromatic carbocycles. The van der Waals surface area contributed by atoms with Gasteiger partial charge in [0.1, 0.15) is 0 Å². The molecular formula is C14H16ClIN2O. The molecule has 0 bridgehead atoms. The highest BCUT2D eigenvalue weighted by atomic mass is 127. The van der Waals surface area contributed by atoms with E-state index >= 15 is 0 Å². The van der Waals surface area contributed by atoms with Gasteiger partial charge in [0.25, 0.3) is 0 Å². The number of oxazole rings is 1. The van der Waals surface area contributed by atoms with Crippen molar-refractivity contribution in [3.63, 3.8) is 0 Å². The van der Waals surface area contributed by atoms with Gasteiger partial charge in [-0.05, 0) is 54.6 Å². The van der Waals surface area contributed by atoms with Crippen molar-refractivity contribution in [3.05, 3.63) is 38.9 Å². The van der Waals surface area contributed by atoms with E-state index in [-0.39, 0.29) is 6.04 Å². The van der Waals surface area contributed by atoms with Gasteiger partial charge in [-0.25, -0.2) is 4.98 Å². The number of nitrogens with zero attached hydrogens (tertiary/aromatic N) is 1. The van der Waals surface area contributed by atoms with Crippen LogP contribution < -0.4 is 5.32 Å². The molecule has 0 aliphatic heterocycles. The fourth-order valence-electron chi connectivity index (χ4n) is 1.72. The summed E-state index contributed by atoms with van der Waals surface area (Å²) in [6, 6.07) is 5.98. The van der Waals surface area contributed by atoms with Gasteiger partial charge in [-0.15, -0.1) is 0 Å². The maximum absolute atomic E-state index is 6.12. The van der Waals surface area contributed by atoms with Gasteiger partial charge in [-0.1, -0.05) is 24.6 Å². The van der Waals surface area contributed by atoms with Crippen LogP contribution in [0, 0.1) is 3.57 Å². The average Bonchev–Trinajstić information content (AvgIpc) is 2.89. The molecule has 3 nitrogen and oxygen atoms in total. The zero-order valence-electron chi connectivity index (χ0n) is 10.9. The third kappa shape index (κ3) is 3.70. The highest BCUT2D eigenvalue weighted by Gasteiger charge is 2.13. The van der Waals surface area contributed by atoms with Crippen molar-refractivity contribution in [1.29, 1.82) is 0 Å². The smallest absolute Gasteiger partial charge is 0.211 e. The lowest BCUT2D eigenvalue weighted by Gasteiger charge is -2.08. The second-order valence-electron chi connectivity index (χ2n) is 4.37. The number of rotatable bonds is 5. The average molecular weight is 391 g/mol. The molecule has 0 saturated heterocycles. The summed E-state index contributed by atoms with van der Waals surface area (Å²) in [5, 5.41) is 4.08. The Morgan fingerprint density at radius 2 is 2.26 bits per heavy atom. The van der Waals surface area contributed by atoms with Crippen LogP contribution in [0.2, 0.25) is 5.02 Å². The molecule has 5 heteroatoms. The van der Waals surface area contributed by atoms with Crippen LogP contribution in [0.1, 0.15) is 32.2 Å². The van der Waals surface area contributed by atoms with Gasteiger partial charge in [0.15, 0.2) is 5.76 Å². The van der Waals surface area contributed by atoms with Crippen molar-refractivity contribution in [2.75, 3.05) is 6.54 Å². The molecule has 0 amide bonds. The first-order valence-corrected chi connectivity index (χ1v) is 7.72. The van der Waals surface area contributed by atoms with Gasteiger partial charge in [-0.2, -0.15) is 0 Å². The van der Waals surface area contributed by atoms with E-state index in [9.17, 15) is 0 Å². The molecule has 0 radical (unpaired) electrons. The molecule has 102 valence electrons. The molecule has 2 rings (SSSR count). The molecule has 0 aliphatic rings. The van der Waals surface area contributed by atoms with Crippen molar-refractivity contribution in [2.45, 2.75) is 26.3 Å². The Balaban J connectivity index is 2.18. The van der Waals surface area contributed by atoms with Gasteiger partial charge in [-0.3, -0.25) is 0 Å². The summed E-state index contributed by atoms with van der Waals surface area (Å²) in [6.45, 7) is 5.13. The zero-order chi connectivity index (χ0) is 13.8. The van der Waals surface area contributed by atoms with Crippen LogP contribution in [0.4, 0.5) is 0 Å². The SMILES string of the molecule is CCCNC(C)c1ncc(-c2ccc(I)c(Cl)c2)o1. The van der Waals surface area contributed by atoms with E-state index in [0.29, 0.717) is 5.89 Å². The third-order valence-corrected chi connectivity index (χ3v) is 4.37. The van der Waals surface area contributed by atoms with Crippen molar-refractivity contribution < 1.29 is 4.42 Å². The third-order valence-electron chi connectivity index (χ3n) is 2.80. The zero-order valence-corrected chi connectivity index (χ0v) is 13.8. The van der Waals surface area contributed by atoms with Gasteiger partial charge < -0.3 is 9.73 Å². The van der Waals surface area contributed by atoms with E-state index in [0.717, 1.165) is 32.9 Å². The van der Waals surface area contributed by atoms with E-state index in [1.54, 1.807) is 6.20 Å². The standard InChI is InChI=1S/C14H16ClIN2O/c1-3-6-17-9(2)14-18-8-13(19-14)10-4-5-12(16)11(15)7-10/h4-5,7-9,17H,3,6H2,1-2H3. The van der Waals surface area contributed by atoms with Crippen LogP contribution in [0.25, 0.3) is 11.3 Å². The number of hydrogen-bond donors (Lipinski definition) is 1. The molecule has 1 heterocycles. The number of nitrogens with one attached hydrogen (secondary N) is 1. The number of halogens is 2. The van der Waals surface area contributed by atoms with E-state index in [1.165, 1.54) is 0 Å². The first-order chi connectivity index (χ1) is 9.11. The maximum atomic E-state index is 6.12. The lowest BCUT2D eigenvalue weighted by Crippen LogP contribution is -2.19. The Morgan fingerprint density at radius 3 is 2.95 bits per heavy atom. The van der Waals surface area contributed by atoms with Crippen LogP contribution in [-0.4, -0.2) is 11.5 Å². The van der Waals surface area contributed by atoms with E-state index in [4.69, 9.17) is 16.0 Å². The van der Waals surface area contributed by atoms with Gasteiger partial charge in [0.2, 0.25) is 5.89 Å². The summed E-state index contributed by atoms with van der Waals surface area (Å²) < 4.78 is 6.82. The predicted molar refractivity (Wildman–Crippen MR) is 86.4 cm³/mol. The fourth-order valence-corrected chi connectivity index (χ4v) is 2.23. The molecule has 1 atom stereocenters. The van der Waals surface area contributed by atoms with Crippen LogP contribution in [-0.2, 0) is 0 Å². The Labute approximate surface area is 131 Å². The number of benzene rings is 1. The maximum Gasteiger partial charge on any atom is 0.211 e. The summed E-state index contributed by atoms with van der Waals surface area (Å²) in [5.74, 6) is 1.46. The molecule has 0 aliphatic carbocycles. The Bertz CT molecular complexity index is 556. The molecule has 2 aromatic rings. The van der Waals surface area contributed by atoms with E-state index in [1.807, 2.05) is 25.1 Å². The van der Waals surface area contributed by atoms with Crippen LogP contribution in [0.15, 0.2) is 28.8 Å². The van der Waals surface area contributed by atoms with Gasteiger partial charge in [0.05, 0.1) is 17.3 Å². The Hall–Kier alpha value is -0.590.